The monoisotopic (exact) mass is 154 g/mol. The zero-order valence-electron chi connectivity index (χ0n) is 7.51. The van der Waals surface area contributed by atoms with Gasteiger partial charge in [0.1, 0.15) is 0 Å². The van der Waals surface area contributed by atoms with Crippen molar-refractivity contribution in [1.29, 1.82) is 0 Å². The number of rotatable bonds is 3. The lowest BCUT2D eigenvalue weighted by Crippen LogP contribution is -1.96. The van der Waals surface area contributed by atoms with E-state index in [0.29, 0.717) is 5.92 Å². The van der Waals surface area contributed by atoms with Gasteiger partial charge in [0.2, 0.25) is 0 Å². The number of aliphatic hydroxyl groups is 1. The van der Waals surface area contributed by atoms with Crippen LogP contribution < -0.4 is 0 Å². The molecule has 1 heteroatoms. The van der Waals surface area contributed by atoms with E-state index in [9.17, 15) is 5.11 Å². The first-order valence-electron chi connectivity index (χ1n) is 4.62. The van der Waals surface area contributed by atoms with E-state index in [0.717, 1.165) is 12.8 Å². The predicted molar refractivity (Wildman–Crippen MR) is 47.4 cm³/mol. The molecule has 0 fully saturated rings. The van der Waals surface area contributed by atoms with Gasteiger partial charge in [0, 0.05) is 0 Å². The second-order valence-electron chi connectivity index (χ2n) is 3.54. The van der Waals surface area contributed by atoms with Crippen LogP contribution in [0.1, 0.15) is 39.5 Å². The van der Waals surface area contributed by atoms with Gasteiger partial charge < -0.3 is 5.11 Å². The van der Waals surface area contributed by atoms with Crippen LogP contribution in [0.3, 0.4) is 0 Å². The molecular weight excluding hydrogens is 136 g/mol. The average Bonchev–Trinajstić information content (AvgIpc) is 2.36. The van der Waals surface area contributed by atoms with E-state index in [1.54, 1.807) is 0 Å². The van der Waals surface area contributed by atoms with Crippen LogP contribution in [0.2, 0.25) is 0 Å². The summed E-state index contributed by atoms with van der Waals surface area (Å²) in [5.41, 5.74) is 1.47. The fourth-order valence-electron chi connectivity index (χ4n) is 1.76. The van der Waals surface area contributed by atoms with Crippen molar-refractivity contribution in [1.82, 2.24) is 0 Å². The Balaban J connectivity index is 2.41. The molecule has 0 bridgehead atoms. The second kappa shape index (κ2) is 3.91. The van der Waals surface area contributed by atoms with Gasteiger partial charge in [-0.05, 0) is 25.2 Å². The van der Waals surface area contributed by atoms with E-state index < -0.39 is 0 Å². The molecule has 0 heterocycles. The molecule has 0 aromatic heterocycles. The molecule has 11 heavy (non-hydrogen) atoms. The fourth-order valence-corrected chi connectivity index (χ4v) is 1.76. The van der Waals surface area contributed by atoms with Crippen LogP contribution in [0, 0.1) is 5.92 Å². The highest BCUT2D eigenvalue weighted by molar-refractivity contribution is 5.14. The standard InChI is InChI=1S/C10H18O/c1-3-4-8(2)9-5-6-10(11)7-9/h7-8,10-11H,3-6H2,1-2H3. The van der Waals surface area contributed by atoms with Gasteiger partial charge in [-0.25, -0.2) is 0 Å². The van der Waals surface area contributed by atoms with Crippen LogP contribution in [-0.4, -0.2) is 11.2 Å². The second-order valence-corrected chi connectivity index (χ2v) is 3.54. The van der Waals surface area contributed by atoms with E-state index in [4.69, 9.17) is 0 Å². The van der Waals surface area contributed by atoms with Gasteiger partial charge in [0.05, 0.1) is 6.10 Å². The summed E-state index contributed by atoms with van der Waals surface area (Å²) in [6.07, 6.45) is 6.46. The molecule has 64 valence electrons. The Morgan fingerprint density at radius 3 is 2.91 bits per heavy atom. The summed E-state index contributed by atoms with van der Waals surface area (Å²) in [6.45, 7) is 4.47. The third-order valence-corrected chi connectivity index (χ3v) is 2.49. The first-order chi connectivity index (χ1) is 5.24. The molecule has 2 atom stereocenters. The molecule has 1 nitrogen and oxygen atoms in total. The van der Waals surface area contributed by atoms with Crippen molar-refractivity contribution in [3.8, 4) is 0 Å². The van der Waals surface area contributed by atoms with E-state index in [1.165, 1.54) is 18.4 Å². The fraction of sp³-hybridized carbons (Fsp3) is 0.800. The third-order valence-electron chi connectivity index (χ3n) is 2.49. The van der Waals surface area contributed by atoms with Gasteiger partial charge in [-0.3, -0.25) is 0 Å². The molecule has 0 radical (unpaired) electrons. The van der Waals surface area contributed by atoms with E-state index in [1.807, 2.05) is 6.08 Å². The molecule has 0 aromatic carbocycles. The molecule has 0 spiro atoms. The van der Waals surface area contributed by atoms with Crippen LogP contribution in [0.5, 0.6) is 0 Å². The normalized spacial score (nSPS) is 26.8. The molecule has 2 unspecified atom stereocenters. The zero-order chi connectivity index (χ0) is 8.27. The lowest BCUT2D eigenvalue weighted by atomic mass is 9.96. The molecule has 1 N–H and O–H groups in total. The Morgan fingerprint density at radius 1 is 1.73 bits per heavy atom. The van der Waals surface area contributed by atoms with Gasteiger partial charge in [0.15, 0.2) is 0 Å². The maximum atomic E-state index is 9.24. The van der Waals surface area contributed by atoms with Gasteiger partial charge in [-0.15, -0.1) is 0 Å². The Bertz CT molecular complexity index is 149. The number of allylic oxidation sites excluding steroid dienone is 1. The van der Waals surface area contributed by atoms with Crippen LogP contribution in [0.25, 0.3) is 0 Å². The topological polar surface area (TPSA) is 20.2 Å². The van der Waals surface area contributed by atoms with Crippen LogP contribution >= 0.6 is 0 Å². The number of hydrogen-bond donors (Lipinski definition) is 1. The maximum absolute atomic E-state index is 9.24. The zero-order valence-corrected chi connectivity index (χ0v) is 7.51. The first kappa shape index (κ1) is 8.79. The largest absolute Gasteiger partial charge is 0.389 e. The van der Waals surface area contributed by atoms with Crippen LogP contribution in [-0.2, 0) is 0 Å². The van der Waals surface area contributed by atoms with Gasteiger partial charge in [-0.2, -0.15) is 0 Å². The molecule has 1 aliphatic rings. The molecule has 0 aliphatic heterocycles. The highest BCUT2D eigenvalue weighted by Crippen LogP contribution is 2.27. The Hall–Kier alpha value is -0.300. The Labute approximate surface area is 69.1 Å². The van der Waals surface area contributed by atoms with Crippen molar-refractivity contribution >= 4 is 0 Å². The lowest BCUT2D eigenvalue weighted by Gasteiger charge is -2.10. The summed E-state index contributed by atoms with van der Waals surface area (Å²) >= 11 is 0. The first-order valence-corrected chi connectivity index (χ1v) is 4.62. The minimum Gasteiger partial charge on any atom is -0.389 e. The van der Waals surface area contributed by atoms with Crippen molar-refractivity contribution < 1.29 is 5.11 Å². The number of hydrogen-bond acceptors (Lipinski definition) is 1. The summed E-state index contributed by atoms with van der Waals surface area (Å²) in [6, 6.07) is 0. The average molecular weight is 154 g/mol. The predicted octanol–water partition coefficient (Wildman–Crippen LogP) is 2.50. The van der Waals surface area contributed by atoms with Gasteiger partial charge in [0.25, 0.3) is 0 Å². The summed E-state index contributed by atoms with van der Waals surface area (Å²) in [7, 11) is 0. The van der Waals surface area contributed by atoms with E-state index in [2.05, 4.69) is 13.8 Å². The molecule has 1 rings (SSSR count). The number of aliphatic hydroxyl groups excluding tert-OH is 1. The lowest BCUT2D eigenvalue weighted by molar-refractivity contribution is 0.223. The Kier molecular flexibility index (Phi) is 3.13. The molecule has 0 amide bonds. The highest BCUT2D eigenvalue weighted by atomic mass is 16.3. The van der Waals surface area contributed by atoms with Crippen molar-refractivity contribution in [2.24, 2.45) is 5.92 Å². The summed E-state index contributed by atoms with van der Waals surface area (Å²) in [4.78, 5) is 0. The van der Waals surface area contributed by atoms with Crippen molar-refractivity contribution in [2.75, 3.05) is 0 Å². The minimum atomic E-state index is -0.149. The minimum absolute atomic E-state index is 0.149. The van der Waals surface area contributed by atoms with Crippen molar-refractivity contribution in [3.05, 3.63) is 11.6 Å². The van der Waals surface area contributed by atoms with Crippen molar-refractivity contribution in [3.63, 3.8) is 0 Å². The summed E-state index contributed by atoms with van der Waals surface area (Å²) < 4.78 is 0. The van der Waals surface area contributed by atoms with E-state index >= 15 is 0 Å². The van der Waals surface area contributed by atoms with Gasteiger partial charge >= 0.3 is 0 Å². The molecule has 0 saturated heterocycles. The summed E-state index contributed by atoms with van der Waals surface area (Å²) in [5, 5.41) is 9.24. The summed E-state index contributed by atoms with van der Waals surface area (Å²) in [5.74, 6) is 0.692. The SMILES string of the molecule is CCCC(C)C1=CC(O)CC1. The molecular formula is C10H18O. The van der Waals surface area contributed by atoms with Gasteiger partial charge in [-0.1, -0.05) is 31.9 Å². The third kappa shape index (κ3) is 2.33. The molecule has 0 aromatic rings. The smallest absolute Gasteiger partial charge is 0.0726 e. The quantitative estimate of drug-likeness (QED) is 0.619. The van der Waals surface area contributed by atoms with Crippen LogP contribution in [0.4, 0.5) is 0 Å². The Morgan fingerprint density at radius 2 is 2.45 bits per heavy atom. The van der Waals surface area contributed by atoms with Crippen molar-refractivity contribution in [2.45, 2.75) is 45.6 Å². The maximum Gasteiger partial charge on any atom is 0.0726 e. The molecule has 1 aliphatic carbocycles. The molecule has 0 saturated carbocycles. The van der Waals surface area contributed by atoms with Crippen LogP contribution in [0.15, 0.2) is 11.6 Å². The highest BCUT2D eigenvalue weighted by Gasteiger charge is 2.16. The van der Waals surface area contributed by atoms with E-state index in [-0.39, 0.29) is 6.10 Å².